The van der Waals surface area contributed by atoms with E-state index in [0.29, 0.717) is 13.2 Å². The van der Waals surface area contributed by atoms with Crippen molar-refractivity contribution in [3.8, 4) is 0 Å². The second kappa shape index (κ2) is 5.66. The highest BCUT2D eigenvalue weighted by molar-refractivity contribution is 7.90. The summed E-state index contributed by atoms with van der Waals surface area (Å²) in [6.45, 7) is 4.76. The molecule has 142 valence electrons. The summed E-state index contributed by atoms with van der Waals surface area (Å²) in [7, 11) is -3.96. The van der Waals surface area contributed by atoms with E-state index in [2.05, 4.69) is 4.90 Å². The van der Waals surface area contributed by atoms with E-state index in [4.69, 9.17) is 14.2 Å². The van der Waals surface area contributed by atoms with Crippen molar-refractivity contribution < 1.29 is 27.4 Å². The van der Waals surface area contributed by atoms with Crippen molar-refractivity contribution in [2.24, 2.45) is 0 Å². The first-order chi connectivity index (χ1) is 12.2. The smallest absolute Gasteiger partial charge is 0.421 e. The molecule has 0 saturated carbocycles. The molecule has 3 aliphatic rings. The van der Waals surface area contributed by atoms with Gasteiger partial charge in [0, 0.05) is 0 Å². The molecule has 0 aromatic heterocycles. The van der Waals surface area contributed by atoms with E-state index in [1.807, 2.05) is 18.6 Å². The molecule has 8 nitrogen and oxygen atoms in total. The normalized spacial score (nSPS) is 36.1. The highest BCUT2D eigenvalue weighted by Gasteiger charge is 2.69. The van der Waals surface area contributed by atoms with Gasteiger partial charge in [-0.05, 0) is 38.8 Å². The molecular weight excluding hydrogens is 360 g/mol. The van der Waals surface area contributed by atoms with Crippen molar-refractivity contribution in [3.05, 3.63) is 30.3 Å². The summed E-state index contributed by atoms with van der Waals surface area (Å²) in [4.78, 5) is 14.2. The molecule has 26 heavy (non-hydrogen) atoms. The van der Waals surface area contributed by atoms with Gasteiger partial charge in [0.05, 0.1) is 18.1 Å². The van der Waals surface area contributed by atoms with Gasteiger partial charge in [0.15, 0.2) is 0 Å². The third-order valence-electron chi connectivity index (χ3n) is 5.52. The van der Waals surface area contributed by atoms with E-state index in [9.17, 15) is 13.2 Å². The number of carbonyl (C=O) groups is 1. The zero-order valence-corrected chi connectivity index (χ0v) is 15.5. The number of sulfonamides is 1. The lowest BCUT2D eigenvalue weighted by Gasteiger charge is -2.37. The number of hydrogen-bond acceptors (Lipinski definition) is 7. The number of nitrogens with one attached hydrogen (secondary N) is 1. The van der Waals surface area contributed by atoms with E-state index in [1.165, 1.54) is 12.1 Å². The van der Waals surface area contributed by atoms with Gasteiger partial charge in [0.2, 0.25) is 0 Å². The second-order valence-corrected chi connectivity index (χ2v) is 9.16. The van der Waals surface area contributed by atoms with Gasteiger partial charge in [0.1, 0.15) is 23.6 Å². The molecule has 1 aromatic rings. The molecule has 1 aromatic carbocycles. The maximum absolute atomic E-state index is 12.2. The second-order valence-electron chi connectivity index (χ2n) is 7.48. The molecule has 1 N–H and O–H groups in total. The number of amides is 1. The number of hydrogen-bond donors (Lipinski definition) is 1. The van der Waals surface area contributed by atoms with Crippen molar-refractivity contribution in [2.75, 3.05) is 19.8 Å². The van der Waals surface area contributed by atoms with Crippen LogP contribution in [0.3, 0.4) is 0 Å². The predicted octanol–water partition coefficient (Wildman–Crippen LogP) is 1.43. The van der Waals surface area contributed by atoms with Gasteiger partial charge in [-0.1, -0.05) is 18.2 Å². The highest BCUT2D eigenvalue weighted by Crippen LogP contribution is 2.55. The largest absolute Gasteiger partial charge is 0.447 e. The topological polar surface area (TPSA) is 94.2 Å². The lowest BCUT2D eigenvalue weighted by molar-refractivity contribution is -0.125. The van der Waals surface area contributed by atoms with Crippen LogP contribution in [0.25, 0.3) is 0 Å². The van der Waals surface area contributed by atoms with Crippen LogP contribution in [0.2, 0.25) is 0 Å². The zero-order valence-electron chi connectivity index (χ0n) is 14.7. The van der Waals surface area contributed by atoms with Crippen molar-refractivity contribution in [2.45, 2.75) is 48.6 Å². The molecule has 3 fully saturated rings. The first-order valence-electron chi connectivity index (χ1n) is 8.52. The fourth-order valence-corrected chi connectivity index (χ4v) is 5.27. The van der Waals surface area contributed by atoms with Gasteiger partial charge in [-0.25, -0.2) is 22.8 Å². The molecule has 1 unspecified atom stereocenters. The highest BCUT2D eigenvalue weighted by atomic mass is 32.2. The third-order valence-corrected chi connectivity index (χ3v) is 6.85. The Morgan fingerprint density at radius 2 is 1.73 bits per heavy atom. The minimum Gasteiger partial charge on any atom is -0.447 e. The first kappa shape index (κ1) is 17.7. The van der Waals surface area contributed by atoms with Gasteiger partial charge < -0.3 is 14.2 Å². The van der Waals surface area contributed by atoms with Crippen LogP contribution in [-0.4, -0.2) is 56.2 Å². The number of nitrogens with zero attached hydrogens (tertiary/aromatic N) is 1. The fraction of sp³-hybridized carbons (Fsp3) is 0.588. The van der Waals surface area contributed by atoms with Gasteiger partial charge in [-0.2, -0.15) is 0 Å². The van der Waals surface area contributed by atoms with Gasteiger partial charge in [-0.15, -0.1) is 0 Å². The SMILES string of the molecule is C[C@]12CC[C@]3(C)OCC(COC(=O)NS(=O)(=O)c4ccccc4)(CO1)N23. The van der Waals surface area contributed by atoms with Gasteiger partial charge in [-0.3, -0.25) is 0 Å². The fourth-order valence-electron chi connectivity index (χ4n) is 4.36. The number of ether oxygens (including phenoxy) is 3. The molecule has 0 aliphatic carbocycles. The monoisotopic (exact) mass is 382 g/mol. The summed E-state index contributed by atoms with van der Waals surface area (Å²) in [6, 6.07) is 7.68. The summed E-state index contributed by atoms with van der Waals surface area (Å²) in [5, 5.41) is 0. The molecule has 3 atom stereocenters. The zero-order chi connectivity index (χ0) is 18.6. The van der Waals surface area contributed by atoms with Crippen LogP contribution in [0.1, 0.15) is 26.7 Å². The average Bonchev–Trinajstić information content (AvgIpc) is 3.18. The number of benzene rings is 1. The molecule has 3 aliphatic heterocycles. The molecule has 9 heteroatoms. The van der Waals surface area contributed by atoms with Crippen LogP contribution < -0.4 is 4.72 Å². The van der Waals surface area contributed by atoms with E-state index in [1.54, 1.807) is 18.2 Å². The first-order valence-corrected chi connectivity index (χ1v) is 10.0. The van der Waals surface area contributed by atoms with E-state index < -0.39 is 33.1 Å². The summed E-state index contributed by atoms with van der Waals surface area (Å²) in [5.41, 5.74) is -1.48. The van der Waals surface area contributed by atoms with E-state index >= 15 is 0 Å². The van der Waals surface area contributed by atoms with Gasteiger partial charge >= 0.3 is 6.09 Å². The van der Waals surface area contributed by atoms with Crippen molar-refractivity contribution >= 4 is 16.1 Å². The molecule has 0 spiro atoms. The van der Waals surface area contributed by atoms with Crippen molar-refractivity contribution in [1.82, 2.24) is 9.62 Å². The van der Waals surface area contributed by atoms with Crippen LogP contribution >= 0.6 is 0 Å². The Labute approximate surface area is 152 Å². The minimum absolute atomic E-state index is 0.00297. The maximum atomic E-state index is 12.2. The maximum Gasteiger partial charge on any atom is 0.421 e. The number of rotatable bonds is 4. The van der Waals surface area contributed by atoms with Crippen LogP contribution in [-0.2, 0) is 24.2 Å². The van der Waals surface area contributed by atoms with Crippen molar-refractivity contribution in [3.63, 3.8) is 0 Å². The van der Waals surface area contributed by atoms with Crippen LogP contribution in [0.4, 0.5) is 4.79 Å². The van der Waals surface area contributed by atoms with Crippen molar-refractivity contribution in [1.29, 1.82) is 0 Å². The third kappa shape index (κ3) is 2.61. The lowest BCUT2D eigenvalue weighted by atomic mass is 10.0. The molecule has 3 heterocycles. The van der Waals surface area contributed by atoms with E-state index in [-0.39, 0.29) is 11.5 Å². The Morgan fingerprint density at radius 1 is 1.15 bits per heavy atom. The predicted molar refractivity (Wildman–Crippen MR) is 90.6 cm³/mol. The van der Waals surface area contributed by atoms with E-state index in [0.717, 1.165) is 12.8 Å². The Bertz CT molecular complexity index is 807. The average molecular weight is 382 g/mol. The Balaban J connectivity index is 1.44. The molecule has 0 radical (unpaired) electrons. The summed E-state index contributed by atoms with van der Waals surface area (Å²) in [5.74, 6) is 0. The minimum atomic E-state index is -3.96. The molecule has 3 saturated heterocycles. The molecule has 0 bridgehead atoms. The summed E-state index contributed by atoms with van der Waals surface area (Å²) >= 11 is 0. The van der Waals surface area contributed by atoms with Gasteiger partial charge in [0.25, 0.3) is 10.0 Å². The Morgan fingerprint density at radius 3 is 2.31 bits per heavy atom. The number of carbonyl (C=O) groups excluding carboxylic acids is 1. The Hall–Kier alpha value is -1.68. The molecule has 4 rings (SSSR count). The molecule has 1 amide bonds. The van der Waals surface area contributed by atoms with Crippen LogP contribution in [0.5, 0.6) is 0 Å². The quantitative estimate of drug-likeness (QED) is 0.842. The molecular formula is C17H22N2O6S. The lowest BCUT2D eigenvalue weighted by Crippen LogP contribution is -2.56. The standard InChI is InChI=1S/C17H22N2O6S/c1-15-8-9-16(2)19(15)17(11-24-15,12-25-16)10-23-14(20)18-26(21,22)13-6-4-3-5-7-13/h3-7H,8-12H2,1-2H3,(H,18,20)/t15-,16+,17?. The summed E-state index contributed by atoms with van der Waals surface area (Å²) < 4.78 is 43.6. The van der Waals surface area contributed by atoms with Crippen LogP contribution in [0, 0.1) is 0 Å². The summed E-state index contributed by atoms with van der Waals surface area (Å²) in [6.07, 6.45) is 0.657. The Kier molecular flexibility index (Phi) is 3.85. The van der Waals surface area contributed by atoms with Crippen LogP contribution in [0.15, 0.2) is 35.2 Å².